The van der Waals surface area contributed by atoms with Crippen LogP contribution in [0.4, 0.5) is 4.79 Å². The normalized spacial score (nSPS) is 14.2. The van der Waals surface area contributed by atoms with Crippen molar-refractivity contribution in [2.45, 2.75) is 52.3 Å². The second kappa shape index (κ2) is 6.60. The number of rotatable bonds is 4. The van der Waals surface area contributed by atoms with Crippen molar-refractivity contribution in [3.05, 3.63) is 18.2 Å². The van der Waals surface area contributed by atoms with E-state index in [9.17, 15) is 9.59 Å². The number of amides is 2. The quantitative estimate of drug-likeness (QED) is 0.887. The van der Waals surface area contributed by atoms with Crippen molar-refractivity contribution in [3.8, 4) is 0 Å². The number of imidazole rings is 1. The van der Waals surface area contributed by atoms with E-state index in [2.05, 4.69) is 15.6 Å². The zero-order valence-corrected chi connectivity index (χ0v) is 13.4. The molecule has 0 saturated heterocycles. The minimum absolute atomic E-state index is 0.126. The van der Waals surface area contributed by atoms with Crippen molar-refractivity contribution >= 4 is 12.0 Å². The van der Waals surface area contributed by atoms with Crippen LogP contribution in [0.1, 0.15) is 52.4 Å². The third kappa shape index (κ3) is 4.77. The third-order valence-corrected chi connectivity index (χ3v) is 2.92. The Kier molecular flexibility index (Phi) is 5.34. The Morgan fingerprint density at radius 2 is 1.95 bits per heavy atom. The van der Waals surface area contributed by atoms with Gasteiger partial charge in [-0.2, -0.15) is 0 Å². The summed E-state index contributed by atoms with van der Waals surface area (Å²) in [6, 6.07) is -0.732. The summed E-state index contributed by atoms with van der Waals surface area (Å²) in [6.45, 7) is 8.98. The van der Waals surface area contributed by atoms with Crippen molar-refractivity contribution < 1.29 is 14.3 Å². The van der Waals surface area contributed by atoms with Crippen LogP contribution in [0.25, 0.3) is 0 Å². The van der Waals surface area contributed by atoms with Gasteiger partial charge in [0.15, 0.2) is 0 Å². The van der Waals surface area contributed by atoms with E-state index >= 15 is 0 Å². The molecule has 1 aromatic rings. The van der Waals surface area contributed by atoms with Gasteiger partial charge in [0.25, 0.3) is 0 Å². The maximum atomic E-state index is 11.8. The van der Waals surface area contributed by atoms with Crippen LogP contribution in [-0.2, 0) is 9.53 Å². The fraction of sp³-hybridized carbons (Fsp3) is 0.643. The molecule has 2 amide bonds. The first-order valence-corrected chi connectivity index (χ1v) is 6.88. The van der Waals surface area contributed by atoms with Crippen molar-refractivity contribution in [2.75, 3.05) is 7.05 Å². The average Bonchev–Trinajstić information content (AvgIpc) is 2.83. The summed E-state index contributed by atoms with van der Waals surface area (Å²) in [6.07, 6.45) is 2.69. The zero-order chi connectivity index (χ0) is 16.2. The van der Waals surface area contributed by atoms with Gasteiger partial charge in [0.05, 0.1) is 24.3 Å². The highest BCUT2D eigenvalue weighted by Gasteiger charge is 2.22. The first-order valence-electron chi connectivity index (χ1n) is 6.88. The van der Waals surface area contributed by atoms with Gasteiger partial charge in [-0.15, -0.1) is 0 Å². The maximum Gasteiger partial charge on any atom is 0.408 e. The van der Waals surface area contributed by atoms with Crippen molar-refractivity contribution in [1.82, 2.24) is 20.2 Å². The molecular weight excluding hydrogens is 272 g/mol. The summed E-state index contributed by atoms with van der Waals surface area (Å²) in [4.78, 5) is 27.6. The molecule has 1 rings (SSSR count). The topological polar surface area (TPSA) is 85.3 Å². The molecule has 7 nitrogen and oxygen atoms in total. The lowest BCUT2D eigenvalue weighted by molar-refractivity contribution is -0.123. The number of ether oxygens (including phenoxy) is 1. The molecule has 0 aliphatic carbocycles. The Hall–Kier alpha value is -2.05. The van der Waals surface area contributed by atoms with Crippen LogP contribution in [0.15, 0.2) is 12.5 Å². The zero-order valence-electron chi connectivity index (χ0n) is 13.4. The first kappa shape index (κ1) is 17.0. The van der Waals surface area contributed by atoms with E-state index in [0.717, 1.165) is 5.69 Å². The predicted molar refractivity (Wildman–Crippen MR) is 78.8 cm³/mol. The molecule has 1 unspecified atom stereocenters. The van der Waals surface area contributed by atoms with E-state index in [1.54, 1.807) is 51.8 Å². The van der Waals surface area contributed by atoms with Gasteiger partial charge in [-0.1, -0.05) is 0 Å². The molecule has 2 atom stereocenters. The molecule has 21 heavy (non-hydrogen) atoms. The van der Waals surface area contributed by atoms with Gasteiger partial charge in [-0.3, -0.25) is 4.79 Å². The molecule has 118 valence electrons. The SMILES string of the molecule is CNC(=O)C(C)n1cncc1[C@H](C)NC(=O)OC(C)(C)C. The molecule has 0 bridgehead atoms. The molecule has 0 radical (unpaired) electrons. The maximum absolute atomic E-state index is 11.8. The molecule has 1 heterocycles. The van der Waals surface area contributed by atoms with Gasteiger partial charge >= 0.3 is 6.09 Å². The largest absolute Gasteiger partial charge is 0.444 e. The third-order valence-electron chi connectivity index (χ3n) is 2.92. The summed E-state index contributed by atoms with van der Waals surface area (Å²) in [7, 11) is 1.58. The Morgan fingerprint density at radius 1 is 1.33 bits per heavy atom. The lowest BCUT2D eigenvalue weighted by Gasteiger charge is -2.23. The standard InChI is InChI=1S/C14H24N4O3/c1-9(17-13(20)21-14(3,4)5)11-7-16-8-18(11)10(2)12(19)15-6/h7-10H,1-6H3,(H,15,19)(H,17,20)/t9-,10?/m0/s1. The Labute approximate surface area is 125 Å². The van der Waals surface area contributed by atoms with Crippen LogP contribution in [0.5, 0.6) is 0 Å². The lowest BCUT2D eigenvalue weighted by atomic mass is 10.2. The van der Waals surface area contributed by atoms with E-state index in [4.69, 9.17) is 4.74 Å². The van der Waals surface area contributed by atoms with Gasteiger partial charge in [-0.05, 0) is 34.6 Å². The summed E-state index contributed by atoms with van der Waals surface area (Å²) in [5, 5.41) is 5.33. The molecule has 1 aromatic heterocycles. The lowest BCUT2D eigenvalue weighted by Crippen LogP contribution is -2.35. The smallest absolute Gasteiger partial charge is 0.408 e. The second-order valence-corrected chi connectivity index (χ2v) is 5.88. The minimum Gasteiger partial charge on any atom is -0.444 e. The summed E-state index contributed by atoms with van der Waals surface area (Å²) >= 11 is 0. The van der Waals surface area contributed by atoms with Crippen LogP contribution in [0.2, 0.25) is 0 Å². The van der Waals surface area contributed by atoms with E-state index in [0.29, 0.717) is 0 Å². The number of alkyl carbamates (subject to hydrolysis) is 1. The van der Waals surface area contributed by atoms with E-state index in [-0.39, 0.29) is 11.9 Å². The molecule has 0 aromatic carbocycles. The number of nitrogens with zero attached hydrogens (tertiary/aromatic N) is 2. The van der Waals surface area contributed by atoms with Crippen molar-refractivity contribution in [3.63, 3.8) is 0 Å². The molecule has 0 aliphatic heterocycles. The number of hydrogen-bond acceptors (Lipinski definition) is 4. The van der Waals surface area contributed by atoms with Crippen LogP contribution in [0.3, 0.4) is 0 Å². The minimum atomic E-state index is -0.556. The molecule has 0 fully saturated rings. The molecule has 0 aliphatic rings. The van der Waals surface area contributed by atoms with Gasteiger partial charge in [0, 0.05) is 7.05 Å². The van der Waals surface area contributed by atoms with Crippen LogP contribution < -0.4 is 10.6 Å². The highest BCUT2D eigenvalue weighted by atomic mass is 16.6. The van der Waals surface area contributed by atoms with Crippen molar-refractivity contribution in [2.24, 2.45) is 0 Å². The van der Waals surface area contributed by atoms with Crippen LogP contribution >= 0.6 is 0 Å². The fourth-order valence-corrected chi connectivity index (χ4v) is 1.87. The highest BCUT2D eigenvalue weighted by molar-refractivity contribution is 5.79. The average molecular weight is 296 g/mol. The van der Waals surface area contributed by atoms with Crippen molar-refractivity contribution in [1.29, 1.82) is 0 Å². The van der Waals surface area contributed by atoms with Gasteiger partial charge in [0.1, 0.15) is 11.6 Å². The number of carbonyl (C=O) groups is 2. The summed E-state index contributed by atoms with van der Waals surface area (Å²) in [5.41, 5.74) is 0.177. The van der Waals surface area contributed by atoms with E-state index in [1.165, 1.54) is 0 Å². The first-order chi connectivity index (χ1) is 9.65. The van der Waals surface area contributed by atoms with E-state index < -0.39 is 17.7 Å². The second-order valence-electron chi connectivity index (χ2n) is 5.88. The predicted octanol–water partition coefficient (Wildman–Crippen LogP) is 1.78. The van der Waals surface area contributed by atoms with Crippen LogP contribution in [0, 0.1) is 0 Å². The van der Waals surface area contributed by atoms with E-state index in [1.807, 2.05) is 6.92 Å². The Morgan fingerprint density at radius 3 is 2.48 bits per heavy atom. The number of nitrogens with one attached hydrogen (secondary N) is 2. The highest BCUT2D eigenvalue weighted by Crippen LogP contribution is 2.18. The molecule has 7 heteroatoms. The molecule has 0 saturated carbocycles. The fourth-order valence-electron chi connectivity index (χ4n) is 1.87. The summed E-state index contributed by atoms with van der Waals surface area (Å²) < 4.78 is 6.94. The monoisotopic (exact) mass is 296 g/mol. The van der Waals surface area contributed by atoms with Gasteiger partial charge in [0.2, 0.25) is 5.91 Å². The number of likely N-dealkylation sites (N-methyl/N-ethyl adjacent to an activating group) is 1. The summed E-state index contributed by atoms with van der Waals surface area (Å²) in [5.74, 6) is -0.126. The number of hydrogen-bond donors (Lipinski definition) is 2. The Balaban J connectivity index is 2.80. The van der Waals surface area contributed by atoms with Gasteiger partial charge < -0.3 is 19.9 Å². The number of carbonyl (C=O) groups excluding carboxylic acids is 2. The van der Waals surface area contributed by atoms with Crippen LogP contribution in [-0.4, -0.2) is 34.2 Å². The molecule has 2 N–H and O–H groups in total. The van der Waals surface area contributed by atoms with Gasteiger partial charge in [-0.25, -0.2) is 9.78 Å². The number of aromatic nitrogens is 2. The molecule has 0 spiro atoms. The Bertz CT molecular complexity index is 505. The molecular formula is C14H24N4O3.